The van der Waals surface area contributed by atoms with Gasteiger partial charge in [-0.2, -0.15) is 5.26 Å². The Kier molecular flexibility index (Phi) is 5.59. The molecule has 2 unspecified atom stereocenters. The van der Waals surface area contributed by atoms with Gasteiger partial charge in [-0.25, -0.2) is 0 Å². The fourth-order valence-corrected chi connectivity index (χ4v) is 1.66. The summed E-state index contributed by atoms with van der Waals surface area (Å²) in [5, 5.41) is 31.5. The fraction of sp³-hybridized carbons (Fsp3) is 0.462. The summed E-state index contributed by atoms with van der Waals surface area (Å²) in [7, 11) is 3.24. The highest BCUT2D eigenvalue weighted by molar-refractivity contribution is 5.45. The van der Waals surface area contributed by atoms with E-state index in [1.54, 1.807) is 25.2 Å². The van der Waals surface area contributed by atoms with Gasteiger partial charge in [0, 0.05) is 0 Å². The zero-order valence-electron chi connectivity index (χ0n) is 10.6. The van der Waals surface area contributed by atoms with Crippen LogP contribution in [-0.4, -0.2) is 37.0 Å². The van der Waals surface area contributed by atoms with Gasteiger partial charge in [-0.05, 0) is 37.7 Å². The van der Waals surface area contributed by atoms with Gasteiger partial charge in [0.1, 0.15) is 17.9 Å². The predicted molar refractivity (Wildman–Crippen MR) is 67.2 cm³/mol. The molecule has 0 aliphatic rings. The van der Waals surface area contributed by atoms with Crippen molar-refractivity contribution < 1.29 is 14.9 Å². The van der Waals surface area contributed by atoms with Crippen molar-refractivity contribution in [3.05, 3.63) is 29.3 Å². The van der Waals surface area contributed by atoms with Gasteiger partial charge >= 0.3 is 0 Å². The number of methoxy groups -OCH3 is 1. The van der Waals surface area contributed by atoms with E-state index in [0.717, 1.165) is 0 Å². The number of rotatable bonds is 6. The fourth-order valence-electron chi connectivity index (χ4n) is 1.66. The average molecular weight is 250 g/mol. The Morgan fingerprint density at radius 1 is 1.44 bits per heavy atom. The monoisotopic (exact) mass is 250 g/mol. The van der Waals surface area contributed by atoms with Crippen molar-refractivity contribution in [2.24, 2.45) is 0 Å². The summed E-state index contributed by atoms with van der Waals surface area (Å²) in [5.41, 5.74) is 0.938. The lowest BCUT2D eigenvalue weighted by Gasteiger charge is -2.18. The Morgan fingerprint density at radius 3 is 2.72 bits per heavy atom. The standard InChI is InChI=1S/C13H18N2O3/c1-15-6-5-11(16)13(17)9-3-4-10(8-14)12(7-9)18-2/h3-4,7,11,13,15-17H,5-6H2,1-2H3. The first kappa shape index (κ1) is 14.5. The Morgan fingerprint density at radius 2 is 2.17 bits per heavy atom. The third-order valence-corrected chi connectivity index (χ3v) is 2.74. The Labute approximate surface area is 107 Å². The first-order chi connectivity index (χ1) is 8.63. The molecule has 5 heteroatoms. The molecule has 1 aromatic carbocycles. The van der Waals surface area contributed by atoms with Crippen LogP contribution in [0.15, 0.2) is 18.2 Å². The Hall–Kier alpha value is -1.61. The molecule has 0 aliphatic carbocycles. The van der Waals surface area contributed by atoms with E-state index < -0.39 is 12.2 Å². The normalized spacial score (nSPS) is 13.7. The van der Waals surface area contributed by atoms with Crippen LogP contribution < -0.4 is 10.1 Å². The summed E-state index contributed by atoms with van der Waals surface area (Å²) in [6.07, 6.45) is -1.39. The van der Waals surface area contributed by atoms with E-state index >= 15 is 0 Å². The first-order valence-electron chi connectivity index (χ1n) is 5.72. The van der Waals surface area contributed by atoms with Gasteiger partial charge in [-0.3, -0.25) is 0 Å². The van der Waals surface area contributed by atoms with E-state index in [-0.39, 0.29) is 0 Å². The lowest BCUT2D eigenvalue weighted by atomic mass is 10.0. The summed E-state index contributed by atoms with van der Waals surface area (Å²) in [5.74, 6) is 0.398. The lowest BCUT2D eigenvalue weighted by molar-refractivity contribution is 0.0139. The quantitative estimate of drug-likeness (QED) is 0.687. The molecule has 0 radical (unpaired) electrons. The van der Waals surface area contributed by atoms with E-state index in [1.165, 1.54) is 7.11 Å². The number of hydrogen-bond acceptors (Lipinski definition) is 5. The van der Waals surface area contributed by atoms with Crippen LogP contribution in [0.25, 0.3) is 0 Å². The van der Waals surface area contributed by atoms with Crippen LogP contribution in [0, 0.1) is 11.3 Å². The van der Waals surface area contributed by atoms with Crippen molar-refractivity contribution in [1.82, 2.24) is 5.32 Å². The van der Waals surface area contributed by atoms with E-state index in [1.807, 2.05) is 6.07 Å². The second-order valence-electron chi connectivity index (χ2n) is 3.98. The predicted octanol–water partition coefficient (Wildman–Crippen LogP) is 0.571. The summed E-state index contributed by atoms with van der Waals surface area (Å²) in [6.45, 7) is 0.617. The molecule has 2 atom stereocenters. The van der Waals surface area contributed by atoms with Gasteiger partial charge in [0.15, 0.2) is 0 Å². The van der Waals surface area contributed by atoms with Gasteiger partial charge in [0.25, 0.3) is 0 Å². The summed E-state index contributed by atoms with van der Waals surface area (Å²) < 4.78 is 5.06. The van der Waals surface area contributed by atoms with Crippen LogP contribution in [0.3, 0.4) is 0 Å². The van der Waals surface area contributed by atoms with Crippen molar-refractivity contribution in [3.63, 3.8) is 0 Å². The van der Waals surface area contributed by atoms with Gasteiger partial charge < -0.3 is 20.3 Å². The molecular formula is C13H18N2O3. The first-order valence-corrected chi connectivity index (χ1v) is 5.72. The highest BCUT2D eigenvalue weighted by atomic mass is 16.5. The average Bonchev–Trinajstić information content (AvgIpc) is 2.42. The molecule has 0 saturated carbocycles. The number of nitrogens with zero attached hydrogens (tertiary/aromatic N) is 1. The van der Waals surface area contributed by atoms with Crippen molar-refractivity contribution in [2.45, 2.75) is 18.6 Å². The van der Waals surface area contributed by atoms with E-state index in [9.17, 15) is 10.2 Å². The summed E-state index contributed by atoms with van der Waals surface area (Å²) in [4.78, 5) is 0. The molecule has 0 amide bonds. The number of aliphatic hydroxyl groups is 2. The topological polar surface area (TPSA) is 85.5 Å². The molecule has 3 N–H and O–H groups in total. The van der Waals surface area contributed by atoms with Crippen LogP contribution in [0.5, 0.6) is 5.75 Å². The van der Waals surface area contributed by atoms with Crippen molar-refractivity contribution >= 4 is 0 Å². The van der Waals surface area contributed by atoms with Crippen molar-refractivity contribution in [1.29, 1.82) is 5.26 Å². The number of ether oxygens (including phenoxy) is 1. The second-order valence-corrected chi connectivity index (χ2v) is 3.98. The maximum Gasteiger partial charge on any atom is 0.136 e. The molecule has 1 aromatic rings. The van der Waals surface area contributed by atoms with Gasteiger partial charge in [-0.15, -0.1) is 0 Å². The second kappa shape index (κ2) is 6.97. The Balaban J connectivity index is 2.86. The summed E-state index contributed by atoms with van der Waals surface area (Å²) >= 11 is 0. The zero-order valence-corrected chi connectivity index (χ0v) is 10.6. The van der Waals surface area contributed by atoms with Crippen molar-refractivity contribution in [3.8, 4) is 11.8 Å². The number of benzene rings is 1. The molecule has 5 nitrogen and oxygen atoms in total. The molecule has 0 aromatic heterocycles. The van der Waals surface area contributed by atoms with Crippen LogP contribution in [0.2, 0.25) is 0 Å². The maximum atomic E-state index is 9.98. The number of hydrogen-bond donors (Lipinski definition) is 3. The third kappa shape index (κ3) is 3.44. The van der Waals surface area contributed by atoms with Crippen LogP contribution >= 0.6 is 0 Å². The van der Waals surface area contributed by atoms with Gasteiger partial charge in [0.2, 0.25) is 0 Å². The molecule has 0 aliphatic heterocycles. The molecule has 1 rings (SSSR count). The Bertz CT molecular complexity index is 429. The van der Waals surface area contributed by atoms with Crippen LogP contribution in [0.4, 0.5) is 0 Å². The highest BCUT2D eigenvalue weighted by Crippen LogP contribution is 2.25. The lowest BCUT2D eigenvalue weighted by Crippen LogP contribution is -2.23. The maximum absolute atomic E-state index is 9.98. The van der Waals surface area contributed by atoms with Crippen molar-refractivity contribution in [2.75, 3.05) is 20.7 Å². The van der Waals surface area contributed by atoms with Crippen LogP contribution in [-0.2, 0) is 0 Å². The van der Waals surface area contributed by atoms with E-state index in [4.69, 9.17) is 10.00 Å². The summed E-state index contributed by atoms with van der Waals surface area (Å²) in [6, 6.07) is 6.76. The molecule has 0 bridgehead atoms. The highest BCUT2D eigenvalue weighted by Gasteiger charge is 2.19. The number of nitrogens with one attached hydrogen (secondary N) is 1. The molecule has 0 heterocycles. The SMILES string of the molecule is CNCCC(O)C(O)c1ccc(C#N)c(OC)c1. The molecule has 0 saturated heterocycles. The smallest absolute Gasteiger partial charge is 0.136 e. The molecule has 18 heavy (non-hydrogen) atoms. The van der Waals surface area contributed by atoms with Crippen LogP contribution in [0.1, 0.15) is 23.7 Å². The van der Waals surface area contributed by atoms with E-state index in [0.29, 0.717) is 29.8 Å². The molecule has 0 spiro atoms. The van der Waals surface area contributed by atoms with Gasteiger partial charge in [-0.1, -0.05) is 6.07 Å². The zero-order chi connectivity index (χ0) is 13.5. The van der Waals surface area contributed by atoms with E-state index in [2.05, 4.69) is 5.32 Å². The molecule has 98 valence electrons. The minimum Gasteiger partial charge on any atom is -0.495 e. The largest absolute Gasteiger partial charge is 0.495 e. The molecule has 0 fully saturated rings. The third-order valence-electron chi connectivity index (χ3n) is 2.74. The van der Waals surface area contributed by atoms with Gasteiger partial charge in [0.05, 0.1) is 18.8 Å². The number of aliphatic hydroxyl groups excluding tert-OH is 2. The number of nitriles is 1. The molecular weight excluding hydrogens is 232 g/mol. The minimum atomic E-state index is -0.986. The minimum absolute atomic E-state index is 0.398.